The fourth-order valence-electron chi connectivity index (χ4n) is 1.73. The third-order valence-corrected chi connectivity index (χ3v) is 2.84. The predicted octanol–water partition coefficient (Wildman–Crippen LogP) is 2.40. The molecule has 0 radical (unpaired) electrons. The number of rotatable bonds is 8. The molecule has 3 nitrogen and oxygen atoms in total. The Labute approximate surface area is 105 Å². The summed E-state index contributed by atoms with van der Waals surface area (Å²) in [6.45, 7) is 5.29. The number of hydrogen-bond donors (Lipinski definition) is 1. The first-order chi connectivity index (χ1) is 8.29. The van der Waals surface area contributed by atoms with Gasteiger partial charge in [-0.1, -0.05) is 31.5 Å². The van der Waals surface area contributed by atoms with Crippen LogP contribution in [0.3, 0.4) is 0 Å². The lowest BCUT2D eigenvalue weighted by molar-refractivity contribution is 0.138. The number of nitrogens with zero attached hydrogens (tertiary/aromatic N) is 1. The van der Waals surface area contributed by atoms with E-state index in [4.69, 9.17) is 10.5 Å². The number of unbranched alkanes of at least 4 members (excludes halogenated alkanes) is 1. The molecule has 0 aliphatic rings. The topological polar surface area (TPSA) is 38.5 Å². The van der Waals surface area contributed by atoms with Gasteiger partial charge in [0.15, 0.2) is 0 Å². The van der Waals surface area contributed by atoms with Crippen molar-refractivity contribution in [2.24, 2.45) is 5.73 Å². The van der Waals surface area contributed by atoms with Gasteiger partial charge in [-0.3, -0.25) is 0 Å². The Kier molecular flexibility index (Phi) is 6.67. The van der Waals surface area contributed by atoms with Crippen LogP contribution in [0, 0.1) is 0 Å². The van der Waals surface area contributed by atoms with Crippen molar-refractivity contribution in [2.45, 2.75) is 26.3 Å². The van der Waals surface area contributed by atoms with Crippen LogP contribution in [-0.2, 0) is 11.3 Å². The second kappa shape index (κ2) is 8.09. The molecule has 3 heteroatoms. The van der Waals surface area contributed by atoms with Crippen molar-refractivity contribution in [3.63, 3.8) is 0 Å². The van der Waals surface area contributed by atoms with Crippen molar-refractivity contribution in [2.75, 3.05) is 31.7 Å². The van der Waals surface area contributed by atoms with E-state index < -0.39 is 0 Å². The van der Waals surface area contributed by atoms with Crippen molar-refractivity contribution in [1.29, 1.82) is 0 Å². The Morgan fingerprint density at radius 3 is 2.71 bits per heavy atom. The van der Waals surface area contributed by atoms with Crippen molar-refractivity contribution < 1.29 is 4.74 Å². The molecule has 0 unspecified atom stereocenters. The standard InChI is InChI=1S/C14H24N2O/c1-3-4-10-17-11-9-16(2)14-8-6-5-7-13(14)12-15/h5-8H,3-4,9-12,15H2,1-2H3. The van der Waals surface area contributed by atoms with E-state index in [1.165, 1.54) is 17.7 Å². The molecule has 0 aliphatic heterocycles. The zero-order valence-corrected chi connectivity index (χ0v) is 11.0. The van der Waals surface area contributed by atoms with E-state index in [9.17, 15) is 0 Å². The highest BCUT2D eigenvalue weighted by atomic mass is 16.5. The highest BCUT2D eigenvalue weighted by Gasteiger charge is 2.04. The first-order valence-electron chi connectivity index (χ1n) is 6.36. The maximum atomic E-state index is 5.72. The fraction of sp³-hybridized carbons (Fsp3) is 0.571. The molecule has 0 fully saturated rings. The summed E-state index contributed by atoms with van der Waals surface area (Å²) in [7, 11) is 2.08. The zero-order valence-electron chi connectivity index (χ0n) is 11.0. The third-order valence-electron chi connectivity index (χ3n) is 2.84. The minimum absolute atomic E-state index is 0.581. The van der Waals surface area contributed by atoms with Gasteiger partial charge in [0.1, 0.15) is 0 Å². The third kappa shape index (κ3) is 4.75. The molecule has 1 aromatic carbocycles. The van der Waals surface area contributed by atoms with Gasteiger partial charge in [0, 0.05) is 32.4 Å². The summed E-state index contributed by atoms with van der Waals surface area (Å²) >= 11 is 0. The van der Waals surface area contributed by atoms with Crippen LogP contribution in [-0.4, -0.2) is 26.8 Å². The summed E-state index contributed by atoms with van der Waals surface area (Å²) in [6.07, 6.45) is 2.33. The minimum atomic E-state index is 0.581. The van der Waals surface area contributed by atoms with E-state index in [2.05, 4.69) is 31.0 Å². The molecule has 0 amide bonds. The van der Waals surface area contributed by atoms with Crippen LogP contribution in [0.25, 0.3) is 0 Å². The van der Waals surface area contributed by atoms with Crippen molar-refractivity contribution in [1.82, 2.24) is 0 Å². The number of benzene rings is 1. The summed E-state index contributed by atoms with van der Waals surface area (Å²) in [5.74, 6) is 0. The molecule has 0 aliphatic carbocycles. The van der Waals surface area contributed by atoms with Gasteiger partial charge in [-0.15, -0.1) is 0 Å². The molecule has 1 aromatic rings. The maximum absolute atomic E-state index is 5.72. The predicted molar refractivity (Wildman–Crippen MR) is 73.3 cm³/mol. The maximum Gasteiger partial charge on any atom is 0.0641 e. The van der Waals surface area contributed by atoms with Crippen LogP contribution in [0.1, 0.15) is 25.3 Å². The van der Waals surface area contributed by atoms with Gasteiger partial charge in [-0.2, -0.15) is 0 Å². The van der Waals surface area contributed by atoms with Crippen LogP contribution in [0.15, 0.2) is 24.3 Å². The van der Waals surface area contributed by atoms with Gasteiger partial charge in [0.05, 0.1) is 6.61 Å². The highest BCUT2D eigenvalue weighted by molar-refractivity contribution is 5.52. The molecule has 0 aromatic heterocycles. The first-order valence-corrected chi connectivity index (χ1v) is 6.36. The van der Waals surface area contributed by atoms with Crippen LogP contribution >= 0.6 is 0 Å². The fourth-order valence-corrected chi connectivity index (χ4v) is 1.73. The number of nitrogens with two attached hydrogens (primary N) is 1. The monoisotopic (exact) mass is 236 g/mol. The van der Waals surface area contributed by atoms with E-state index in [1.807, 2.05) is 12.1 Å². The van der Waals surface area contributed by atoms with E-state index in [0.29, 0.717) is 6.54 Å². The van der Waals surface area contributed by atoms with Crippen molar-refractivity contribution in [3.8, 4) is 0 Å². The van der Waals surface area contributed by atoms with Crippen molar-refractivity contribution in [3.05, 3.63) is 29.8 Å². The van der Waals surface area contributed by atoms with E-state index >= 15 is 0 Å². The smallest absolute Gasteiger partial charge is 0.0641 e. The normalized spacial score (nSPS) is 10.5. The number of hydrogen-bond acceptors (Lipinski definition) is 3. The summed E-state index contributed by atoms with van der Waals surface area (Å²) in [6, 6.07) is 8.25. The average Bonchev–Trinajstić information content (AvgIpc) is 2.38. The van der Waals surface area contributed by atoms with Crippen LogP contribution in [0.4, 0.5) is 5.69 Å². The summed E-state index contributed by atoms with van der Waals surface area (Å²) in [5, 5.41) is 0. The molecule has 0 saturated heterocycles. The van der Waals surface area contributed by atoms with E-state index in [0.717, 1.165) is 26.2 Å². The van der Waals surface area contributed by atoms with Gasteiger partial charge in [0.2, 0.25) is 0 Å². The molecular formula is C14H24N2O. The lowest BCUT2D eigenvalue weighted by atomic mass is 10.1. The second-order valence-electron chi connectivity index (χ2n) is 4.22. The summed E-state index contributed by atoms with van der Waals surface area (Å²) < 4.78 is 5.57. The van der Waals surface area contributed by atoms with Crippen LogP contribution in [0.5, 0.6) is 0 Å². The van der Waals surface area contributed by atoms with E-state index in [-0.39, 0.29) is 0 Å². The lowest BCUT2D eigenvalue weighted by Crippen LogP contribution is -2.24. The molecule has 17 heavy (non-hydrogen) atoms. The number of anilines is 1. The molecule has 0 bridgehead atoms. The molecule has 1 rings (SSSR count). The van der Waals surface area contributed by atoms with Gasteiger partial charge >= 0.3 is 0 Å². The summed E-state index contributed by atoms with van der Waals surface area (Å²) in [4.78, 5) is 2.20. The average molecular weight is 236 g/mol. The Hall–Kier alpha value is -1.06. The Morgan fingerprint density at radius 2 is 2.00 bits per heavy atom. The second-order valence-corrected chi connectivity index (χ2v) is 4.22. The van der Waals surface area contributed by atoms with Gasteiger partial charge in [0.25, 0.3) is 0 Å². The molecule has 0 saturated carbocycles. The zero-order chi connectivity index (χ0) is 12.5. The Balaban J connectivity index is 2.38. The highest BCUT2D eigenvalue weighted by Crippen LogP contribution is 2.17. The minimum Gasteiger partial charge on any atom is -0.380 e. The van der Waals surface area contributed by atoms with Crippen LogP contribution in [0.2, 0.25) is 0 Å². The molecule has 96 valence electrons. The SMILES string of the molecule is CCCCOCCN(C)c1ccccc1CN. The lowest BCUT2D eigenvalue weighted by Gasteiger charge is -2.22. The van der Waals surface area contributed by atoms with Gasteiger partial charge in [-0.05, 0) is 18.1 Å². The quantitative estimate of drug-likeness (QED) is 0.704. The Bertz CT molecular complexity index is 315. The Morgan fingerprint density at radius 1 is 1.24 bits per heavy atom. The molecule has 0 spiro atoms. The number of ether oxygens (including phenoxy) is 1. The molecule has 0 heterocycles. The van der Waals surface area contributed by atoms with Gasteiger partial charge < -0.3 is 15.4 Å². The van der Waals surface area contributed by atoms with Crippen LogP contribution < -0.4 is 10.6 Å². The van der Waals surface area contributed by atoms with Crippen molar-refractivity contribution >= 4 is 5.69 Å². The molecule has 0 atom stereocenters. The number of likely N-dealkylation sites (N-methyl/N-ethyl adjacent to an activating group) is 1. The first kappa shape index (κ1) is 14.0. The van der Waals surface area contributed by atoms with Gasteiger partial charge in [-0.25, -0.2) is 0 Å². The number of para-hydroxylation sites is 1. The summed E-state index contributed by atoms with van der Waals surface area (Å²) in [5.41, 5.74) is 8.11. The van der Waals surface area contributed by atoms with E-state index in [1.54, 1.807) is 0 Å². The largest absolute Gasteiger partial charge is 0.380 e. The molecule has 2 N–H and O–H groups in total. The molecular weight excluding hydrogens is 212 g/mol.